The minimum Gasteiger partial charge on any atom is -0.484 e. The van der Waals surface area contributed by atoms with Gasteiger partial charge in [-0.15, -0.1) is 0 Å². The molecule has 2 rings (SSSR count). The first-order valence-corrected chi connectivity index (χ1v) is 9.54. The molecule has 1 N–H and O–H groups in total. The lowest BCUT2D eigenvalue weighted by Gasteiger charge is -2.30. The maximum Gasteiger partial charge on any atom is 0.261 e. The average molecular weight is 386 g/mol. The number of benzene rings is 2. The van der Waals surface area contributed by atoms with E-state index in [4.69, 9.17) is 4.74 Å². The van der Waals surface area contributed by atoms with Crippen molar-refractivity contribution in [2.75, 3.05) is 19.7 Å². The highest BCUT2D eigenvalue weighted by Crippen LogP contribution is 2.13. The number of halogens is 1. The third-order valence-corrected chi connectivity index (χ3v) is 4.40. The molecule has 0 unspecified atom stereocenters. The number of rotatable bonds is 10. The fourth-order valence-corrected chi connectivity index (χ4v) is 2.95. The zero-order chi connectivity index (χ0) is 20.4. The Balaban J connectivity index is 2.09. The first kappa shape index (κ1) is 21.4. The van der Waals surface area contributed by atoms with E-state index in [1.54, 1.807) is 4.90 Å². The largest absolute Gasteiger partial charge is 0.484 e. The van der Waals surface area contributed by atoms with Gasteiger partial charge in [-0.3, -0.25) is 9.59 Å². The Bertz CT molecular complexity index is 750. The molecule has 28 heavy (non-hydrogen) atoms. The molecule has 0 aliphatic carbocycles. The van der Waals surface area contributed by atoms with E-state index < -0.39 is 6.04 Å². The normalized spacial score (nSPS) is 11.5. The molecule has 0 aliphatic rings. The molecule has 0 radical (unpaired) electrons. The van der Waals surface area contributed by atoms with E-state index in [1.165, 1.54) is 24.3 Å². The molecule has 150 valence electrons. The number of carbonyl (C=O) groups excluding carboxylic acids is 2. The second-order valence-corrected chi connectivity index (χ2v) is 6.38. The van der Waals surface area contributed by atoms with Crippen molar-refractivity contribution < 1.29 is 18.7 Å². The van der Waals surface area contributed by atoms with Gasteiger partial charge in [0, 0.05) is 13.1 Å². The molecule has 2 aromatic rings. The van der Waals surface area contributed by atoms with Crippen molar-refractivity contribution in [3.63, 3.8) is 0 Å². The van der Waals surface area contributed by atoms with Gasteiger partial charge >= 0.3 is 0 Å². The summed E-state index contributed by atoms with van der Waals surface area (Å²) in [4.78, 5) is 26.9. The van der Waals surface area contributed by atoms with Crippen LogP contribution in [0.3, 0.4) is 0 Å². The lowest BCUT2D eigenvalue weighted by atomic mass is 10.1. The van der Waals surface area contributed by atoms with Crippen molar-refractivity contribution in [3.05, 3.63) is 66.0 Å². The minimum absolute atomic E-state index is 0.173. The van der Waals surface area contributed by atoms with E-state index in [9.17, 15) is 14.0 Å². The Morgan fingerprint density at radius 2 is 1.75 bits per heavy atom. The Morgan fingerprint density at radius 1 is 1.07 bits per heavy atom. The van der Waals surface area contributed by atoms with Crippen LogP contribution in [0.2, 0.25) is 0 Å². The number of carbonyl (C=O) groups is 2. The van der Waals surface area contributed by atoms with Gasteiger partial charge < -0.3 is 15.0 Å². The van der Waals surface area contributed by atoms with Gasteiger partial charge in [-0.05, 0) is 49.6 Å². The average Bonchev–Trinajstić information content (AvgIpc) is 2.71. The van der Waals surface area contributed by atoms with Crippen molar-refractivity contribution >= 4 is 11.8 Å². The standard InChI is InChI=1S/C22H27FN2O3/c1-3-20(22(27)24-4-2)25(15-14-17-8-6-5-7-9-17)21(26)16-28-19-12-10-18(23)11-13-19/h5-13,20H,3-4,14-16H2,1-2H3,(H,24,27)/t20-/m1/s1. The first-order valence-electron chi connectivity index (χ1n) is 9.54. The van der Waals surface area contributed by atoms with Crippen LogP contribution in [-0.2, 0) is 16.0 Å². The van der Waals surface area contributed by atoms with Gasteiger partial charge in [-0.25, -0.2) is 4.39 Å². The summed E-state index contributed by atoms with van der Waals surface area (Å²) in [6.07, 6.45) is 1.14. The number of nitrogens with one attached hydrogen (secondary N) is 1. The van der Waals surface area contributed by atoms with E-state index >= 15 is 0 Å². The summed E-state index contributed by atoms with van der Waals surface area (Å²) in [6, 6.07) is 14.7. The molecule has 0 aliphatic heterocycles. The number of amides is 2. The molecule has 0 spiro atoms. The Labute approximate surface area is 165 Å². The van der Waals surface area contributed by atoms with Gasteiger partial charge in [0.2, 0.25) is 5.91 Å². The third kappa shape index (κ3) is 6.37. The van der Waals surface area contributed by atoms with Crippen molar-refractivity contribution in [3.8, 4) is 5.75 Å². The van der Waals surface area contributed by atoms with E-state index in [1.807, 2.05) is 44.2 Å². The van der Waals surface area contributed by atoms with Crippen LogP contribution in [0.25, 0.3) is 0 Å². The summed E-state index contributed by atoms with van der Waals surface area (Å²) in [5, 5.41) is 2.79. The van der Waals surface area contributed by atoms with Gasteiger partial charge in [0.15, 0.2) is 6.61 Å². The molecule has 0 heterocycles. The zero-order valence-electron chi connectivity index (χ0n) is 16.4. The summed E-state index contributed by atoms with van der Waals surface area (Å²) in [5.41, 5.74) is 1.09. The smallest absolute Gasteiger partial charge is 0.261 e. The molecule has 6 heteroatoms. The quantitative estimate of drug-likeness (QED) is 0.682. The van der Waals surface area contributed by atoms with Gasteiger partial charge in [-0.1, -0.05) is 37.3 Å². The van der Waals surface area contributed by atoms with E-state index in [-0.39, 0.29) is 24.2 Å². The molecule has 1 atom stereocenters. The summed E-state index contributed by atoms with van der Waals surface area (Å²) in [7, 11) is 0. The van der Waals surface area contributed by atoms with Crippen LogP contribution < -0.4 is 10.1 Å². The molecule has 0 bridgehead atoms. The van der Waals surface area contributed by atoms with Crippen LogP contribution in [0.4, 0.5) is 4.39 Å². The summed E-state index contributed by atoms with van der Waals surface area (Å²) in [5.74, 6) is -0.416. The molecule has 0 saturated carbocycles. The fourth-order valence-electron chi connectivity index (χ4n) is 2.95. The van der Waals surface area contributed by atoms with Gasteiger partial charge in [0.1, 0.15) is 17.6 Å². The lowest BCUT2D eigenvalue weighted by molar-refractivity contribution is -0.142. The highest BCUT2D eigenvalue weighted by molar-refractivity contribution is 5.88. The summed E-state index contributed by atoms with van der Waals surface area (Å²) >= 11 is 0. The predicted octanol–water partition coefficient (Wildman–Crippen LogP) is 3.19. The number of likely N-dealkylation sites (N-methyl/N-ethyl adjacent to an activating group) is 1. The Morgan fingerprint density at radius 3 is 2.36 bits per heavy atom. The number of nitrogens with zero attached hydrogens (tertiary/aromatic N) is 1. The van der Waals surface area contributed by atoms with Crippen LogP contribution in [-0.4, -0.2) is 42.5 Å². The second kappa shape index (κ2) is 11.1. The maximum absolute atomic E-state index is 13.0. The van der Waals surface area contributed by atoms with Crippen LogP contribution in [0.5, 0.6) is 5.75 Å². The van der Waals surface area contributed by atoms with E-state index in [2.05, 4.69) is 5.32 Å². The van der Waals surface area contributed by atoms with Crippen LogP contribution in [0.1, 0.15) is 25.8 Å². The van der Waals surface area contributed by atoms with Gasteiger partial charge in [-0.2, -0.15) is 0 Å². The van der Waals surface area contributed by atoms with Crippen LogP contribution >= 0.6 is 0 Å². The summed E-state index contributed by atoms with van der Waals surface area (Å²) in [6.45, 7) is 4.42. The van der Waals surface area contributed by atoms with Crippen LogP contribution in [0, 0.1) is 5.82 Å². The number of ether oxygens (including phenoxy) is 1. The molecule has 2 aromatic carbocycles. The van der Waals surface area contributed by atoms with Crippen LogP contribution in [0.15, 0.2) is 54.6 Å². The number of hydrogen-bond donors (Lipinski definition) is 1. The maximum atomic E-state index is 13.0. The molecule has 5 nitrogen and oxygen atoms in total. The fraction of sp³-hybridized carbons (Fsp3) is 0.364. The summed E-state index contributed by atoms with van der Waals surface area (Å²) < 4.78 is 18.5. The Hall–Kier alpha value is -2.89. The van der Waals surface area contributed by atoms with Gasteiger partial charge in [0.25, 0.3) is 5.91 Å². The molecule has 2 amide bonds. The monoisotopic (exact) mass is 386 g/mol. The predicted molar refractivity (Wildman–Crippen MR) is 107 cm³/mol. The first-order chi connectivity index (χ1) is 13.5. The highest BCUT2D eigenvalue weighted by Gasteiger charge is 2.28. The van der Waals surface area contributed by atoms with E-state index in [0.29, 0.717) is 31.7 Å². The molecule has 0 aromatic heterocycles. The lowest BCUT2D eigenvalue weighted by Crippen LogP contribution is -2.51. The minimum atomic E-state index is -0.562. The van der Waals surface area contributed by atoms with Crippen molar-refractivity contribution in [2.45, 2.75) is 32.7 Å². The topological polar surface area (TPSA) is 58.6 Å². The van der Waals surface area contributed by atoms with Gasteiger partial charge in [0.05, 0.1) is 0 Å². The van der Waals surface area contributed by atoms with Crippen molar-refractivity contribution in [2.24, 2.45) is 0 Å². The molecule has 0 saturated heterocycles. The number of hydrogen-bond acceptors (Lipinski definition) is 3. The second-order valence-electron chi connectivity index (χ2n) is 6.38. The molecular weight excluding hydrogens is 359 g/mol. The SMILES string of the molecule is CCNC(=O)[C@@H](CC)N(CCc1ccccc1)C(=O)COc1ccc(F)cc1. The molecular formula is C22H27FN2O3. The highest BCUT2D eigenvalue weighted by atomic mass is 19.1. The Kier molecular flexibility index (Phi) is 8.46. The van der Waals surface area contributed by atoms with E-state index in [0.717, 1.165) is 5.56 Å². The molecule has 0 fully saturated rings. The van der Waals surface area contributed by atoms with Crippen molar-refractivity contribution in [1.82, 2.24) is 10.2 Å². The van der Waals surface area contributed by atoms with Crippen molar-refractivity contribution in [1.29, 1.82) is 0 Å². The third-order valence-electron chi connectivity index (χ3n) is 4.40. The zero-order valence-corrected chi connectivity index (χ0v) is 16.4.